The van der Waals surface area contributed by atoms with Crippen molar-refractivity contribution in [3.63, 3.8) is 0 Å². The summed E-state index contributed by atoms with van der Waals surface area (Å²) in [6.07, 6.45) is 14.4. The van der Waals surface area contributed by atoms with Crippen molar-refractivity contribution in [2.45, 2.75) is 70.3 Å². The van der Waals surface area contributed by atoms with Gasteiger partial charge in [0.1, 0.15) is 0 Å². The lowest BCUT2D eigenvalue weighted by atomic mass is 9.91. The molecule has 17 heavy (non-hydrogen) atoms. The van der Waals surface area contributed by atoms with Gasteiger partial charge in [0.05, 0.1) is 0 Å². The first-order valence-corrected chi connectivity index (χ1v) is 7.89. The third kappa shape index (κ3) is 6.42. The Kier molecular flexibility index (Phi) is 6.36. The molecule has 2 heteroatoms. The van der Waals surface area contributed by atoms with Crippen LogP contribution in [0.1, 0.15) is 64.2 Å². The minimum atomic E-state index is 0.876. The van der Waals surface area contributed by atoms with E-state index in [1.807, 2.05) is 0 Å². The number of rotatable bonds is 7. The van der Waals surface area contributed by atoms with Crippen LogP contribution in [0.3, 0.4) is 0 Å². The molecule has 2 rings (SSSR count). The van der Waals surface area contributed by atoms with Crippen molar-refractivity contribution in [3.8, 4) is 0 Å². The normalized spacial score (nSPS) is 23.3. The monoisotopic (exact) mass is 238 g/mol. The Hall–Kier alpha value is -0.0800. The van der Waals surface area contributed by atoms with Crippen LogP contribution in [0.2, 0.25) is 0 Å². The molecule has 0 amide bonds. The highest BCUT2D eigenvalue weighted by atomic mass is 14.9. The van der Waals surface area contributed by atoms with Gasteiger partial charge in [-0.05, 0) is 57.7 Å². The van der Waals surface area contributed by atoms with E-state index in [1.165, 1.54) is 83.8 Å². The Balaban J connectivity index is 1.42. The molecule has 2 aliphatic rings. The van der Waals surface area contributed by atoms with Crippen LogP contribution in [0.5, 0.6) is 0 Å². The van der Waals surface area contributed by atoms with Gasteiger partial charge in [0.15, 0.2) is 0 Å². The van der Waals surface area contributed by atoms with E-state index in [1.54, 1.807) is 0 Å². The fourth-order valence-electron chi connectivity index (χ4n) is 2.86. The van der Waals surface area contributed by atoms with E-state index >= 15 is 0 Å². The van der Waals surface area contributed by atoms with Gasteiger partial charge < -0.3 is 10.6 Å². The summed E-state index contributed by atoms with van der Waals surface area (Å²) in [5, 5.41) is 7.23. The predicted molar refractivity (Wildman–Crippen MR) is 74.3 cm³/mol. The molecule has 0 heterocycles. The Labute approximate surface area is 107 Å². The Bertz CT molecular complexity index is 181. The molecule has 0 atom stereocenters. The second kappa shape index (κ2) is 8.10. The van der Waals surface area contributed by atoms with Gasteiger partial charge in [-0.15, -0.1) is 0 Å². The van der Waals surface area contributed by atoms with Crippen molar-refractivity contribution in [1.29, 1.82) is 0 Å². The van der Waals surface area contributed by atoms with Gasteiger partial charge in [-0.2, -0.15) is 0 Å². The summed E-state index contributed by atoms with van der Waals surface area (Å²) < 4.78 is 0. The lowest BCUT2D eigenvalue weighted by Gasteiger charge is -2.20. The lowest BCUT2D eigenvalue weighted by molar-refractivity contribution is 0.360. The van der Waals surface area contributed by atoms with Crippen LogP contribution < -0.4 is 10.6 Å². The number of hydrogen-bond acceptors (Lipinski definition) is 2. The van der Waals surface area contributed by atoms with Crippen molar-refractivity contribution in [2.24, 2.45) is 5.92 Å². The molecule has 2 N–H and O–H groups in total. The number of hydrogen-bond donors (Lipinski definition) is 2. The van der Waals surface area contributed by atoms with E-state index in [9.17, 15) is 0 Å². The van der Waals surface area contributed by atoms with Gasteiger partial charge in [-0.1, -0.05) is 32.1 Å². The van der Waals surface area contributed by atoms with Crippen LogP contribution in [0, 0.1) is 5.92 Å². The zero-order chi connectivity index (χ0) is 11.8. The van der Waals surface area contributed by atoms with Crippen molar-refractivity contribution in [1.82, 2.24) is 10.6 Å². The van der Waals surface area contributed by atoms with E-state index < -0.39 is 0 Å². The molecule has 0 aromatic heterocycles. The highest BCUT2D eigenvalue weighted by Crippen LogP contribution is 2.21. The van der Waals surface area contributed by atoms with E-state index in [-0.39, 0.29) is 0 Å². The van der Waals surface area contributed by atoms with Crippen LogP contribution in [0.25, 0.3) is 0 Å². The zero-order valence-corrected chi connectivity index (χ0v) is 11.3. The molecule has 100 valence electrons. The average molecular weight is 238 g/mol. The predicted octanol–water partition coefficient (Wildman–Crippen LogP) is 3.08. The van der Waals surface area contributed by atoms with Gasteiger partial charge >= 0.3 is 0 Å². The maximum atomic E-state index is 3.66. The molecule has 0 unspecified atom stereocenters. The first-order valence-electron chi connectivity index (χ1n) is 7.89. The smallest absolute Gasteiger partial charge is 0.00682 e. The SMILES string of the molecule is C1CCCC(CNCCCNC2CC2)CCC1. The molecule has 0 radical (unpaired) electrons. The van der Waals surface area contributed by atoms with Crippen molar-refractivity contribution in [2.75, 3.05) is 19.6 Å². The summed E-state index contributed by atoms with van der Waals surface area (Å²) in [6, 6.07) is 0.876. The molecule has 0 bridgehead atoms. The van der Waals surface area contributed by atoms with Gasteiger partial charge in [0.2, 0.25) is 0 Å². The summed E-state index contributed by atoms with van der Waals surface area (Å²) >= 11 is 0. The van der Waals surface area contributed by atoms with Gasteiger partial charge in [0.25, 0.3) is 0 Å². The summed E-state index contributed by atoms with van der Waals surface area (Å²) in [5.74, 6) is 0.965. The highest BCUT2D eigenvalue weighted by Gasteiger charge is 2.19. The Morgan fingerprint density at radius 3 is 2.18 bits per heavy atom. The minimum Gasteiger partial charge on any atom is -0.316 e. The molecule has 2 nitrogen and oxygen atoms in total. The maximum Gasteiger partial charge on any atom is 0.00682 e. The molecular weight excluding hydrogens is 208 g/mol. The topological polar surface area (TPSA) is 24.1 Å². The molecular formula is C15H30N2. The third-order valence-electron chi connectivity index (χ3n) is 4.20. The van der Waals surface area contributed by atoms with Crippen LogP contribution in [-0.4, -0.2) is 25.7 Å². The third-order valence-corrected chi connectivity index (χ3v) is 4.20. The van der Waals surface area contributed by atoms with E-state index in [0.29, 0.717) is 0 Å². The summed E-state index contributed by atoms with van der Waals surface area (Å²) in [5.41, 5.74) is 0. The van der Waals surface area contributed by atoms with Gasteiger partial charge in [-0.3, -0.25) is 0 Å². The molecule has 2 fully saturated rings. The largest absolute Gasteiger partial charge is 0.316 e. The Morgan fingerprint density at radius 2 is 1.47 bits per heavy atom. The van der Waals surface area contributed by atoms with E-state index in [2.05, 4.69) is 10.6 Å². The molecule has 0 aliphatic heterocycles. The van der Waals surface area contributed by atoms with Gasteiger partial charge in [-0.25, -0.2) is 0 Å². The molecule has 0 spiro atoms. The molecule has 2 aliphatic carbocycles. The Morgan fingerprint density at radius 1 is 0.765 bits per heavy atom. The molecule has 0 aromatic carbocycles. The van der Waals surface area contributed by atoms with Crippen LogP contribution >= 0.6 is 0 Å². The summed E-state index contributed by atoms with van der Waals surface area (Å²) in [4.78, 5) is 0. The molecule has 0 saturated heterocycles. The van der Waals surface area contributed by atoms with Crippen molar-refractivity contribution >= 4 is 0 Å². The molecule has 0 aromatic rings. The zero-order valence-electron chi connectivity index (χ0n) is 11.3. The van der Waals surface area contributed by atoms with Crippen molar-refractivity contribution < 1.29 is 0 Å². The van der Waals surface area contributed by atoms with Crippen LogP contribution in [0.15, 0.2) is 0 Å². The summed E-state index contributed by atoms with van der Waals surface area (Å²) in [7, 11) is 0. The quantitative estimate of drug-likeness (QED) is 0.666. The first-order chi connectivity index (χ1) is 8.45. The fraction of sp³-hybridized carbons (Fsp3) is 1.00. The van der Waals surface area contributed by atoms with Crippen molar-refractivity contribution in [3.05, 3.63) is 0 Å². The lowest BCUT2D eigenvalue weighted by Crippen LogP contribution is -2.27. The second-order valence-electron chi connectivity index (χ2n) is 6.00. The van der Waals surface area contributed by atoms with E-state index in [4.69, 9.17) is 0 Å². The van der Waals surface area contributed by atoms with E-state index in [0.717, 1.165) is 12.0 Å². The number of nitrogens with one attached hydrogen (secondary N) is 2. The fourth-order valence-corrected chi connectivity index (χ4v) is 2.86. The molecule has 2 saturated carbocycles. The average Bonchev–Trinajstić information content (AvgIpc) is 3.09. The maximum absolute atomic E-state index is 3.66. The van der Waals surface area contributed by atoms with Crippen LogP contribution in [-0.2, 0) is 0 Å². The summed E-state index contributed by atoms with van der Waals surface area (Å²) in [6.45, 7) is 3.68. The first kappa shape index (κ1) is 13.4. The standard InChI is InChI=1S/C15H30N2/c1-2-4-7-14(8-5-3-1)13-16-11-6-12-17-15-9-10-15/h14-17H,1-13H2. The van der Waals surface area contributed by atoms with Crippen LogP contribution in [0.4, 0.5) is 0 Å². The minimum absolute atomic E-state index is 0.876. The van der Waals surface area contributed by atoms with Gasteiger partial charge in [0, 0.05) is 6.04 Å². The highest BCUT2D eigenvalue weighted by molar-refractivity contribution is 4.80. The second-order valence-corrected chi connectivity index (χ2v) is 6.00.